The van der Waals surface area contributed by atoms with Gasteiger partial charge in [-0.1, -0.05) is 0 Å². The molecule has 0 bridgehead atoms. The molecule has 1 N–H and O–H groups in total. The van der Waals surface area contributed by atoms with Crippen LogP contribution in [0.2, 0.25) is 0 Å². The van der Waals surface area contributed by atoms with Crippen molar-refractivity contribution in [3.8, 4) is 0 Å². The summed E-state index contributed by atoms with van der Waals surface area (Å²) in [5.41, 5.74) is 0.305. The Morgan fingerprint density at radius 1 is 0.933 bits per heavy atom. The van der Waals surface area contributed by atoms with Crippen LogP contribution in [0.3, 0.4) is 0 Å². The van der Waals surface area contributed by atoms with E-state index in [4.69, 9.17) is 9.47 Å². The molecule has 0 aromatic heterocycles. The summed E-state index contributed by atoms with van der Waals surface area (Å²) in [5, 5.41) is 3.72. The van der Waals surface area contributed by atoms with Crippen LogP contribution in [-0.2, 0) is 9.47 Å². The molecule has 2 saturated heterocycles. The van der Waals surface area contributed by atoms with Gasteiger partial charge in [0.05, 0.1) is 25.4 Å². The topological polar surface area (TPSA) is 37.1 Å². The van der Waals surface area contributed by atoms with E-state index >= 15 is 0 Å². The summed E-state index contributed by atoms with van der Waals surface area (Å²) in [6, 6.07) is 0. The smallest absolute Gasteiger partial charge is 0.0827 e. The van der Waals surface area contributed by atoms with Gasteiger partial charge in [-0.2, -0.15) is 0 Å². The normalized spacial score (nSPS) is 30.4. The van der Waals surface area contributed by atoms with Crippen LogP contribution in [0.1, 0.15) is 40.5 Å². The van der Waals surface area contributed by atoms with E-state index in [1.54, 1.807) is 0 Å². The van der Waals surface area contributed by atoms with Gasteiger partial charge < -0.3 is 14.8 Å². The van der Waals surface area contributed by atoms with Crippen LogP contribution in [0.5, 0.6) is 0 Å². The maximum atomic E-state index is 5.29. The predicted octanol–water partition coefficient (Wildman–Crippen LogP) is 1.71. The average Bonchev–Trinajstić information content (AvgIpc) is 2.80. The lowest BCUT2D eigenvalue weighted by atomic mass is 9.90. The molecule has 0 saturated carbocycles. The van der Waals surface area contributed by atoms with Gasteiger partial charge in [0.25, 0.3) is 0 Å². The van der Waals surface area contributed by atoms with Crippen molar-refractivity contribution in [2.45, 2.75) is 63.8 Å². The third-order valence-corrected chi connectivity index (χ3v) is 2.96. The molecule has 3 nitrogen and oxygen atoms in total. The minimum absolute atomic E-state index is 0.152. The zero-order chi connectivity index (χ0) is 11.1. The van der Waals surface area contributed by atoms with E-state index in [-0.39, 0.29) is 11.1 Å². The fourth-order valence-electron chi connectivity index (χ4n) is 2.53. The number of hydrogen-bond donors (Lipinski definition) is 1. The van der Waals surface area contributed by atoms with E-state index in [9.17, 15) is 0 Å². The molecule has 2 aliphatic rings. The van der Waals surface area contributed by atoms with E-state index < -0.39 is 0 Å². The Balaban J connectivity index is 1.80. The van der Waals surface area contributed by atoms with Gasteiger partial charge in [0, 0.05) is 11.1 Å². The monoisotopic (exact) mass is 213 g/mol. The first-order valence-corrected chi connectivity index (χ1v) is 5.89. The van der Waals surface area contributed by atoms with Gasteiger partial charge in [0.2, 0.25) is 0 Å². The van der Waals surface area contributed by atoms with Crippen molar-refractivity contribution < 1.29 is 9.47 Å². The van der Waals surface area contributed by atoms with Gasteiger partial charge in [0.1, 0.15) is 0 Å². The van der Waals surface area contributed by atoms with Gasteiger partial charge in [0.15, 0.2) is 0 Å². The van der Waals surface area contributed by atoms with Crippen molar-refractivity contribution in [1.82, 2.24) is 5.32 Å². The molecule has 0 spiro atoms. The molecule has 88 valence electrons. The molecular weight excluding hydrogens is 190 g/mol. The Labute approximate surface area is 92.5 Å². The Morgan fingerprint density at radius 3 is 1.53 bits per heavy atom. The molecule has 2 fully saturated rings. The number of rotatable bonds is 6. The Morgan fingerprint density at radius 2 is 1.27 bits per heavy atom. The van der Waals surface area contributed by atoms with Crippen molar-refractivity contribution in [3.05, 3.63) is 0 Å². The van der Waals surface area contributed by atoms with Crippen LogP contribution >= 0.6 is 0 Å². The summed E-state index contributed by atoms with van der Waals surface area (Å²) in [6.45, 7) is 10.9. The summed E-state index contributed by atoms with van der Waals surface area (Å²) in [7, 11) is 0. The summed E-state index contributed by atoms with van der Waals surface area (Å²) in [5.74, 6) is 0. The van der Waals surface area contributed by atoms with E-state index in [1.807, 2.05) is 0 Å². The third kappa shape index (κ3) is 4.09. The quantitative estimate of drug-likeness (QED) is 0.682. The maximum absolute atomic E-state index is 5.29. The molecule has 15 heavy (non-hydrogen) atoms. The molecule has 0 aromatic carbocycles. The van der Waals surface area contributed by atoms with Gasteiger partial charge in [-0.05, 0) is 40.5 Å². The van der Waals surface area contributed by atoms with Crippen LogP contribution in [0.4, 0.5) is 0 Å². The van der Waals surface area contributed by atoms with E-state index in [0.29, 0.717) is 12.2 Å². The van der Waals surface area contributed by atoms with Crippen molar-refractivity contribution in [3.63, 3.8) is 0 Å². The molecule has 0 aromatic rings. The largest absolute Gasteiger partial charge is 0.373 e. The van der Waals surface area contributed by atoms with Crippen molar-refractivity contribution in [2.75, 3.05) is 13.2 Å². The van der Waals surface area contributed by atoms with Crippen LogP contribution in [0.15, 0.2) is 0 Å². The molecule has 0 amide bonds. The van der Waals surface area contributed by atoms with Crippen molar-refractivity contribution >= 4 is 0 Å². The average molecular weight is 213 g/mol. The van der Waals surface area contributed by atoms with E-state index in [2.05, 4.69) is 33.0 Å². The molecule has 2 atom stereocenters. The highest BCUT2D eigenvalue weighted by molar-refractivity contribution is 4.94. The number of epoxide rings is 2. The maximum Gasteiger partial charge on any atom is 0.0827 e. The molecule has 0 radical (unpaired) electrons. The van der Waals surface area contributed by atoms with Gasteiger partial charge in [-0.3, -0.25) is 0 Å². The Hall–Kier alpha value is -0.120. The minimum Gasteiger partial charge on any atom is -0.373 e. The van der Waals surface area contributed by atoms with Gasteiger partial charge >= 0.3 is 0 Å². The Kier molecular flexibility index (Phi) is 2.82. The first-order valence-electron chi connectivity index (χ1n) is 5.89. The predicted molar refractivity (Wildman–Crippen MR) is 60.0 cm³/mol. The molecule has 2 unspecified atom stereocenters. The molecule has 2 aliphatic heterocycles. The number of nitrogens with one attached hydrogen (secondary N) is 1. The van der Waals surface area contributed by atoms with Crippen LogP contribution in [0, 0.1) is 0 Å². The standard InChI is InChI=1S/C12H23NO2/c1-11(2,5-9-7-14-9)13-12(3,4)6-10-8-15-10/h9-10,13H,5-8H2,1-4H3. The lowest BCUT2D eigenvalue weighted by molar-refractivity contribution is 0.208. The van der Waals surface area contributed by atoms with E-state index in [0.717, 1.165) is 26.1 Å². The lowest BCUT2D eigenvalue weighted by Gasteiger charge is -2.37. The van der Waals surface area contributed by atoms with Crippen LogP contribution < -0.4 is 5.32 Å². The van der Waals surface area contributed by atoms with Crippen LogP contribution in [-0.4, -0.2) is 36.5 Å². The number of ether oxygens (including phenoxy) is 2. The summed E-state index contributed by atoms with van der Waals surface area (Å²) in [6.07, 6.45) is 3.17. The molecule has 3 heteroatoms. The first kappa shape index (κ1) is 11.4. The lowest BCUT2D eigenvalue weighted by Crippen LogP contribution is -2.53. The highest BCUT2D eigenvalue weighted by Gasteiger charge is 2.37. The summed E-state index contributed by atoms with van der Waals surface area (Å²) < 4.78 is 10.6. The second kappa shape index (κ2) is 3.72. The van der Waals surface area contributed by atoms with Crippen LogP contribution in [0.25, 0.3) is 0 Å². The fourth-order valence-corrected chi connectivity index (χ4v) is 2.53. The zero-order valence-electron chi connectivity index (χ0n) is 10.3. The molecule has 2 rings (SSSR count). The van der Waals surface area contributed by atoms with Crippen molar-refractivity contribution in [2.24, 2.45) is 0 Å². The Bertz CT molecular complexity index is 206. The zero-order valence-corrected chi connectivity index (χ0v) is 10.3. The van der Waals surface area contributed by atoms with Gasteiger partial charge in [-0.25, -0.2) is 0 Å². The molecular formula is C12H23NO2. The summed E-state index contributed by atoms with van der Waals surface area (Å²) in [4.78, 5) is 0. The molecule has 2 heterocycles. The SMILES string of the molecule is CC(C)(CC1CO1)NC(C)(C)CC1CO1. The second-order valence-corrected chi connectivity index (χ2v) is 6.21. The molecule has 0 aliphatic carbocycles. The third-order valence-electron chi connectivity index (χ3n) is 2.96. The number of hydrogen-bond acceptors (Lipinski definition) is 3. The summed E-state index contributed by atoms with van der Waals surface area (Å²) >= 11 is 0. The van der Waals surface area contributed by atoms with E-state index in [1.165, 1.54) is 0 Å². The van der Waals surface area contributed by atoms with Crippen molar-refractivity contribution in [1.29, 1.82) is 0 Å². The van der Waals surface area contributed by atoms with Gasteiger partial charge in [-0.15, -0.1) is 0 Å². The highest BCUT2D eigenvalue weighted by atomic mass is 16.6. The minimum atomic E-state index is 0.152. The second-order valence-electron chi connectivity index (χ2n) is 6.21. The first-order chi connectivity index (χ1) is 6.86. The fraction of sp³-hybridized carbons (Fsp3) is 1.00. The highest BCUT2D eigenvalue weighted by Crippen LogP contribution is 2.28.